The molecule has 0 spiro atoms. The molecule has 4 heteroatoms. The molecule has 0 atom stereocenters. The molecule has 2 N–H and O–H groups in total. The summed E-state index contributed by atoms with van der Waals surface area (Å²) in [7, 11) is 0. The Hall–Kier alpha value is -0.480. The van der Waals surface area contributed by atoms with Crippen LogP contribution in [-0.2, 0) is 5.41 Å². The minimum absolute atomic E-state index is 0.128. The molecule has 0 unspecified atom stereocenters. The molecule has 0 bridgehead atoms. The highest BCUT2D eigenvalue weighted by Crippen LogP contribution is 2.30. The van der Waals surface area contributed by atoms with E-state index in [1.807, 2.05) is 13.8 Å². The van der Waals surface area contributed by atoms with Gasteiger partial charge in [-0.05, 0) is 27.6 Å². The van der Waals surface area contributed by atoms with Crippen molar-refractivity contribution in [3.05, 3.63) is 33.8 Å². The summed E-state index contributed by atoms with van der Waals surface area (Å²) in [5.74, 6) is -1.17. The molecule has 0 aliphatic carbocycles. The van der Waals surface area contributed by atoms with Crippen LogP contribution in [0.4, 0.5) is 8.78 Å². The lowest BCUT2D eigenvalue weighted by Crippen LogP contribution is -2.29. The van der Waals surface area contributed by atoms with Crippen molar-refractivity contribution in [2.75, 3.05) is 6.54 Å². The van der Waals surface area contributed by atoms with Gasteiger partial charge >= 0.3 is 0 Å². The lowest BCUT2D eigenvalue weighted by molar-refractivity contribution is 0.481. The molecule has 1 aromatic rings. The van der Waals surface area contributed by atoms with Crippen LogP contribution in [0.5, 0.6) is 0 Å². The number of hydrogen-bond acceptors (Lipinski definition) is 1. The second-order valence-electron chi connectivity index (χ2n) is 3.81. The largest absolute Gasteiger partial charge is 0.330 e. The standard InChI is InChI=1S/C10H12BrF2N/c1-10(2,5-14)6-3-4-7(12)8(11)9(6)13/h3-4H,5,14H2,1-2H3. The predicted octanol–water partition coefficient (Wildman–Crippen LogP) is 2.96. The molecular formula is C10H12BrF2N. The second-order valence-corrected chi connectivity index (χ2v) is 4.60. The van der Waals surface area contributed by atoms with Crippen LogP contribution in [0.3, 0.4) is 0 Å². The summed E-state index contributed by atoms with van der Waals surface area (Å²) in [5, 5.41) is 0. The molecule has 78 valence electrons. The lowest BCUT2D eigenvalue weighted by atomic mass is 9.84. The molecule has 1 aromatic carbocycles. The summed E-state index contributed by atoms with van der Waals surface area (Å²) >= 11 is 2.86. The quantitative estimate of drug-likeness (QED) is 0.816. The smallest absolute Gasteiger partial charge is 0.144 e. The van der Waals surface area contributed by atoms with Gasteiger partial charge in [0, 0.05) is 12.0 Å². The monoisotopic (exact) mass is 263 g/mol. The molecular weight excluding hydrogens is 252 g/mol. The Labute approximate surface area is 90.4 Å². The van der Waals surface area contributed by atoms with Gasteiger partial charge in [0.2, 0.25) is 0 Å². The topological polar surface area (TPSA) is 26.0 Å². The molecule has 0 amide bonds. The van der Waals surface area contributed by atoms with Crippen molar-refractivity contribution < 1.29 is 8.78 Å². The SMILES string of the molecule is CC(C)(CN)c1ccc(F)c(Br)c1F. The van der Waals surface area contributed by atoms with Crippen molar-refractivity contribution in [1.82, 2.24) is 0 Å². The van der Waals surface area contributed by atoms with Gasteiger partial charge in [-0.2, -0.15) is 0 Å². The number of halogens is 3. The normalized spacial score (nSPS) is 11.9. The van der Waals surface area contributed by atoms with Crippen LogP contribution < -0.4 is 5.73 Å². The summed E-state index contributed by atoms with van der Waals surface area (Å²) in [6.45, 7) is 3.94. The van der Waals surface area contributed by atoms with E-state index < -0.39 is 17.0 Å². The van der Waals surface area contributed by atoms with Gasteiger partial charge in [-0.25, -0.2) is 8.78 Å². The molecule has 0 heterocycles. The van der Waals surface area contributed by atoms with Crippen molar-refractivity contribution in [3.63, 3.8) is 0 Å². The van der Waals surface area contributed by atoms with Crippen molar-refractivity contribution in [2.24, 2.45) is 5.73 Å². The molecule has 0 saturated carbocycles. The fraction of sp³-hybridized carbons (Fsp3) is 0.400. The Kier molecular flexibility index (Phi) is 3.27. The van der Waals surface area contributed by atoms with Crippen LogP contribution in [0.1, 0.15) is 19.4 Å². The van der Waals surface area contributed by atoms with E-state index >= 15 is 0 Å². The van der Waals surface area contributed by atoms with Gasteiger partial charge in [-0.15, -0.1) is 0 Å². The van der Waals surface area contributed by atoms with Gasteiger partial charge in [-0.3, -0.25) is 0 Å². The first kappa shape index (κ1) is 11.6. The van der Waals surface area contributed by atoms with E-state index in [0.717, 1.165) is 0 Å². The summed E-state index contributed by atoms with van der Waals surface area (Å²) in [6, 6.07) is 2.67. The van der Waals surface area contributed by atoms with E-state index in [4.69, 9.17) is 5.73 Å². The van der Waals surface area contributed by atoms with Gasteiger partial charge in [0.1, 0.15) is 11.6 Å². The zero-order chi connectivity index (χ0) is 10.9. The summed E-state index contributed by atoms with van der Waals surface area (Å²) in [6.07, 6.45) is 0. The average Bonchev–Trinajstić information content (AvgIpc) is 2.14. The van der Waals surface area contributed by atoms with E-state index in [9.17, 15) is 8.78 Å². The van der Waals surface area contributed by atoms with Gasteiger partial charge in [-0.1, -0.05) is 19.9 Å². The molecule has 1 rings (SSSR count). The van der Waals surface area contributed by atoms with Crippen LogP contribution in [0.25, 0.3) is 0 Å². The fourth-order valence-electron chi connectivity index (χ4n) is 1.16. The number of hydrogen-bond donors (Lipinski definition) is 1. The first-order chi connectivity index (χ1) is 6.40. The minimum atomic E-state index is -0.598. The summed E-state index contributed by atoms with van der Waals surface area (Å²) in [4.78, 5) is 0. The Morgan fingerprint density at radius 3 is 2.43 bits per heavy atom. The first-order valence-corrected chi connectivity index (χ1v) is 5.03. The first-order valence-electron chi connectivity index (χ1n) is 4.24. The van der Waals surface area contributed by atoms with Crippen LogP contribution in [0.15, 0.2) is 16.6 Å². The predicted molar refractivity (Wildman–Crippen MR) is 56.1 cm³/mol. The van der Waals surface area contributed by atoms with Crippen molar-refractivity contribution in [3.8, 4) is 0 Å². The van der Waals surface area contributed by atoms with Crippen LogP contribution >= 0.6 is 15.9 Å². The van der Waals surface area contributed by atoms with Crippen molar-refractivity contribution in [1.29, 1.82) is 0 Å². The number of rotatable bonds is 2. The molecule has 1 nitrogen and oxygen atoms in total. The van der Waals surface area contributed by atoms with Crippen molar-refractivity contribution >= 4 is 15.9 Å². The third-order valence-corrected chi connectivity index (χ3v) is 3.00. The Bertz CT molecular complexity index is 350. The zero-order valence-electron chi connectivity index (χ0n) is 8.07. The van der Waals surface area contributed by atoms with Gasteiger partial charge in [0.15, 0.2) is 0 Å². The van der Waals surface area contributed by atoms with Crippen LogP contribution in [-0.4, -0.2) is 6.54 Å². The molecule has 0 aliphatic heterocycles. The highest BCUT2D eigenvalue weighted by atomic mass is 79.9. The van der Waals surface area contributed by atoms with E-state index in [1.165, 1.54) is 12.1 Å². The van der Waals surface area contributed by atoms with Crippen LogP contribution in [0.2, 0.25) is 0 Å². The maximum Gasteiger partial charge on any atom is 0.144 e. The third-order valence-electron chi connectivity index (χ3n) is 2.27. The molecule has 14 heavy (non-hydrogen) atoms. The second kappa shape index (κ2) is 3.95. The van der Waals surface area contributed by atoms with Gasteiger partial charge in [0.05, 0.1) is 4.47 Å². The molecule has 0 fully saturated rings. The fourth-order valence-corrected chi connectivity index (χ4v) is 1.50. The van der Waals surface area contributed by atoms with E-state index in [0.29, 0.717) is 12.1 Å². The van der Waals surface area contributed by atoms with Gasteiger partial charge in [0.25, 0.3) is 0 Å². The lowest BCUT2D eigenvalue weighted by Gasteiger charge is -2.24. The third kappa shape index (κ3) is 1.96. The van der Waals surface area contributed by atoms with Crippen LogP contribution in [0, 0.1) is 11.6 Å². The highest BCUT2D eigenvalue weighted by molar-refractivity contribution is 9.10. The highest BCUT2D eigenvalue weighted by Gasteiger charge is 2.24. The minimum Gasteiger partial charge on any atom is -0.330 e. The summed E-state index contributed by atoms with van der Waals surface area (Å²) < 4.78 is 26.4. The molecule has 0 radical (unpaired) electrons. The number of benzene rings is 1. The van der Waals surface area contributed by atoms with E-state index in [1.54, 1.807) is 0 Å². The maximum atomic E-state index is 13.6. The summed E-state index contributed by atoms with van der Waals surface area (Å²) in [5.41, 5.74) is 5.46. The molecule has 0 aliphatic rings. The Balaban J connectivity index is 3.31. The Morgan fingerprint density at radius 1 is 1.36 bits per heavy atom. The number of nitrogens with two attached hydrogens (primary N) is 1. The maximum absolute atomic E-state index is 13.6. The average molecular weight is 264 g/mol. The van der Waals surface area contributed by atoms with E-state index in [-0.39, 0.29) is 4.47 Å². The van der Waals surface area contributed by atoms with Crippen molar-refractivity contribution in [2.45, 2.75) is 19.3 Å². The molecule has 0 saturated heterocycles. The molecule has 0 aromatic heterocycles. The Morgan fingerprint density at radius 2 is 1.93 bits per heavy atom. The van der Waals surface area contributed by atoms with E-state index in [2.05, 4.69) is 15.9 Å². The van der Waals surface area contributed by atoms with Gasteiger partial charge < -0.3 is 5.73 Å². The zero-order valence-corrected chi connectivity index (χ0v) is 9.66.